The smallest absolute Gasteiger partial charge is 0.304 e. The normalized spacial score (nSPS) is 17.5. The molecule has 1 aromatic rings. The van der Waals surface area contributed by atoms with Crippen LogP contribution in [0.15, 0.2) is 22.7 Å². The van der Waals surface area contributed by atoms with Crippen LogP contribution < -0.4 is 0 Å². The Morgan fingerprint density at radius 1 is 1.53 bits per heavy atom. The number of carboxylic acids is 1. The van der Waals surface area contributed by atoms with Gasteiger partial charge in [-0.25, -0.2) is 0 Å². The van der Waals surface area contributed by atoms with Gasteiger partial charge in [0, 0.05) is 14.9 Å². The van der Waals surface area contributed by atoms with Crippen molar-refractivity contribution in [2.24, 2.45) is 0 Å². The number of benzene rings is 1. The summed E-state index contributed by atoms with van der Waals surface area (Å²) in [6.07, 6.45) is 2.09. The maximum absolute atomic E-state index is 10.8. The van der Waals surface area contributed by atoms with Gasteiger partial charge in [-0.1, -0.05) is 33.6 Å². The third-order valence-corrected chi connectivity index (χ3v) is 3.74. The first-order valence-corrected chi connectivity index (χ1v) is 5.88. The van der Waals surface area contributed by atoms with Crippen molar-refractivity contribution < 1.29 is 9.90 Å². The van der Waals surface area contributed by atoms with Crippen LogP contribution in [0.25, 0.3) is 0 Å². The number of rotatable bonds is 3. The Hall–Kier alpha value is -0.540. The molecule has 0 bridgehead atoms. The quantitative estimate of drug-likeness (QED) is 0.923. The molecule has 0 saturated heterocycles. The zero-order chi connectivity index (χ0) is 11.1. The molecule has 15 heavy (non-hydrogen) atoms. The molecule has 0 amide bonds. The lowest BCUT2D eigenvalue weighted by molar-refractivity contribution is -0.137. The number of aliphatic carboxylic acids is 1. The second-order valence-corrected chi connectivity index (χ2v) is 5.27. The zero-order valence-corrected chi connectivity index (χ0v) is 10.3. The molecule has 0 aromatic heterocycles. The summed E-state index contributed by atoms with van der Waals surface area (Å²) < 4.78 is 0.911. The van der Waals surface area contributed by atoms with E-state index in [-0.39, 0.29) is 11.8 Å². The summed E-state index contributed by atoms with van der Waals surface area (Å²) in [5.41, 5.74) is 0.907. The van der Waals surface area contributed by atoms with Gasteiger partial charge in [0.2, 0.25) is 0 Å². The van der Waals surface area contributed by atoms with E-state index in [9.17, 15) is 4.79 Å². The van der Waals surface area contributed by atoms with Gasteiger partial charge in [-0.15, -0.1) is 0 Å². The third-order valence-electron chi connectivity index (χ3n) is 2.85. The Labute approximate surface area is 101 Å². The molecule has 0 unspecified atom stereocenters. The van der Waals surface area contributed by atoms with Crippen molar-refractivity contribution in [1.82, 2.24) is 0 Å². The predicted molar refractivity (Wildman–Crippen MR) is 62.3 cm³/mol. The lowest BCUT2D eigenvalue weighted by atomic mass is 9.92. The minimum atomic E-state index is -0.741. The summed E-state index contributed by atoms with van der Waals surface area (Å²) in [5.74, 6) is -0.741. The lowest BCUT2D eigenvalue weighted by Crippen LogP contribution is -2.13. The van der Waals surface area contributed by atoms with E-state index in [1.54, 1.807) is 0 Å². The van der Waals surface area contributed by atoms with Gasteiger partial charge in [0.15, 0.2) is 0 Å². The van der Waals surface area contributed by atoms with Crippen molar-refractivity contribution >= 4 is 33.5 Å². The molecule has 1 saturated carbocycles. The van der Waals surface area contributed by atoms with Crippen LogP contribution in [0.2, 0.25) is 5.02 Å². The predicted octanol–water partition coefficient (Wildman–Crippen LogP) is 3.61. The van der Waals surface area contributed by atoms with Crippen molar-refractivity contribution in [3.63, 3.8) is 0 Å². The molecular weight excluding hydrogens is 279 g/mol. The first-order chi connectivity index (χ1) is 7.03. The monoisotopic (exact) mass is 288 g/mol. The Bertz CT molecular complexity index is 413. The second kappa shape index (κ2) is 3.80. The maximum Gasteiger partial charge on any atom is 0.304 e. The van der Waals surface area contributed by atoms with Gasteiger partial charge in [0.05, 0.1) is 6.42 Å². The van der Waals surface area contributed by atoms with Gasteiger partial charge in [-0.05, 0) is 30.5 Å². The molecular formula is C11H10BrClO2. The van der Waals surface area contributed by atoms with E-state index >= 15 is 0 Å². The molecule has 2 nitrogen and oxygen atoms in total. The van der Waals surface area contributed by atoms with Crippen molar-refractivity contribution in [3.8, 4) is 0 Å². The molecule has 1 aliphatic rings. The van der Waals surface area contributed by atoms with E-state index in [1.165, 1.54) is 0 Å². The average molecular weight is 290 g/mol. The third kappa shape index (κ3) is 2.18. The van der Waals surface area contributed by atoms with Crippen LogP contribution in [-0.4, -0.2) is 11.1 Å². The van der Waals surface area contributed by atoms with Crippen LogP contribution in [0.5, 0.6) is 0 Å². The van der Waals surface area contributed by atoms with Crippen molar-refractivity contribution in [2.75, 3.05) is 0 Å². The van der Waals surface area contributed by atoms with Crippen LogP contribution in [0, 0.1) is 0 Å². The summed E-state index contributed by atoms with van der Waals surface area (Å²) in [6.45, 7) is 0. The fourth-order valence-electron chi connectivity index (χ4n) is 1.90. The highest BCUT2D eigenvalue weighted by molar-refractivity contribution is 9.10. The van der Waals surface area contributed by atoms with Crippen LogP contribution in [-0.2, 0) is 10.2 Å². The highest BCUT2D eigenvalue weighted by Gasteiger charge is 2.46. The molecule has 1 fully saturated rings. The van der Waals surface area contributed by atoms with Gasteiger partial charge >= 0.3 is 5.97 Å². The molecule has 4 heteroatoms. The van der Waals surface area contributed by atoms with Crippen molar-refractivity contribution in [1.29, 1.82) is 0 Å². The summed E-state index contributed by atoms with van der Waals surface area (Å²) in [7, 11) is 0. The minimum absolute atomic E-state index is 0.157. The number of carboxylic acid groups (broad SMARTS) is 1. The number of halogens is 2. The molecule has 0 atom stereocenters. The highest BCUT2D eigenvalue weighted by atomic mass is 79.9. The zero-order valence-electron chi connectivity index (χ0n) is 7.96. The topological polar surface area (TPSA) is 37.3 Å². The summed E-state index contributed by atoms with van der Waals surface area (Å²) >= 11 is 9.28. The fraction of sp³-hybridized carbons (Fsp3) is 0.364. The van der Waals surface area contributed by atoms with Gasteiger partial charge < -0.3 is 5.11 Å². The van der Waals surface area contributed by atoms with E-state index in [0.29, 0.717) is 5.02 Å². The van der Waals surface area contributed by atoms with Gasteiger partial charge in [0.1, 0.15) is 0 Å². The Balaban J connectivity index is 2.33. The molecule has 1 aromatic carbocycles. The van der Waals surface area contributed by atoms with Gasteiger partial charge in [0.25, 0.3) is 0 Å². The summed E-state index contributed by atoms with van der Waals surface area (Å²) in [5, 5.41) is 9.52. The maximum atomic E-state index is 10.8. The molecule has 80 valence electrons. The minimum Gasteiger partial charge on any atom is -0.481 e. The van der Waals surface area contributed by atoms with E-state index in [2.05, 4.69) is 15.9 Å². The summed E-state index contributed by atoms with van der Waals surface area (Å²) in [4.78, 5) is 10.8. The Kier molecular flexibility index (Phi) is 2.77. The molecule has 0 spiro atoms. The SMILES string of the molecule is O=C(O)CC1(c2ccc(Cl)cc2Br)CC1. The van der Waals surface area contributed by atoms with Crippen molar-refractivity contribution in [3.05, 3.63) is 33.3 Å². The van der Waals surface area contributed by atoms with Crippen LogP contribution in [0.3, 0.4) is 0 Å². The molecule has 0 aliphatic heterocycles. The van der Waals surface area contributed by atoms with Gasteiger partial charge in [-0.3, -0.25) is 4.79 Å². The molecule has 0 radical (unpaired) electrons. The molecule has 2 rings (SSSR count). The van der Waals surface area contributed by atoms with Crippen molar-refractivity contribution in [2.45, 2.75) is 24.7 Å². The Morgan fingerprint density at radius 2 is 2.20 bits per heavy atom. The Morgan fingerprint density at radius 3 is 2.67 bits per heavy atom. The van der Waals surface area contributed by atoms with Gasteiger partial charge in [-0.2, -0.15) is 0 Å². The fourth-order valence-corrected chi connectivity index (χ4v) is 3.00. The molecule has 1 N–H and O–H groups in total. The van der Waals surface area contributed by atoms with Crippen LogP contribution in [0.1, 0.15) is 24.8 Å². The molecule has 0 heterocycles. The number of hydrogen-bond acceptors (Lipinski definition) is 1. The van der Waals surface area contributed by atoms with E-state index in [4.69, 9.17) is 16.7 Å². The summed E-state index contributed by atoms with van der Waals surface area (Å²) in [6, 6.07) is 5.55. The largest absolute Gasteiger partial charge is 0.481 e. The number of hydrogen-bond donors (Lipinski definition) is 1. The second-order valence-electron chi connectivity index (χ2n) is 3.98. The average Bonchev–Trinajstić information content (AvgIpc) is 2.83. The number of carbonyl (C=O) groups is 1. The first kappa shape index (κ1) is 11.0. The van der Waals surface area contributed by atoms with E-state index < -0.39 is 5.97 Å². The van der Waals surface area contributed by atoms with E-state index in [1.807, 2.05) is 18.2 Å². The van der Waals surface area contributed by atoms with Crippen LogP contribution >= 0.6 is 27.5 Å². The van der Waals surface area contributed by atoms with E-state index in [0.717, 1.165) is 22.9 Å². The lowest BCUT2D eigenvalue weighted by Gasteiger charge is -2.15. The van der Waals surface area contributed by atoms with Crippen LogP contribution in [0.4, 0.5) is 0 Å². The highest BCUT2D eigenvalue weighted by Crippen LogP contribution is 2.53. The molecule has 1 aliphatic carbocycles. The first-order valence-electron chi connectivity index (χ1n) is 4.71. The standard InChI is InChI=1S/C11H10BrClO2/c12-9-5-7(13)1-2-8(9)11(3-4-11)6-10(14)15/h1-2,5H,3-4,6H2,(H,14,15).